The second-order valence-electron chi connectivity index (χ2n) is 3.55. The third-order valence-corrected chi connectivity index (χ3v) is 3.23. The van der Waals surface area contributed by atoms with Gasteiger partial charge in [-0.15, -0.1) is 0 Å². The molecule has 0 radical (unpaired) electrons. The maximum Gasteiger partial charge on any atom is 0.185 e. The summed E-state index contributed by atoms with van der Waals surface area (Å²) in [6, 6.07) is 10.1. The first-order chi connectivity index (χ1) is 8.22. The number of aryl methyl sites for hydroxylation is 1. The molecule has 0 aliphatic rings. The lowest BCUT2D eigenvalue weighted by molar-refractivity contribution is 1.33. The van der Waals surface area contributed by atoms with Crippen LogP contribution in [0, 0.1) is 18.3 Å². The molecule has 1 heterocycles. The van der Waals surface area contributed by atoms with E-state index in [1.54, 1.807) is 7.05 Å². The summed E-state index contributed by atoms with van der Waals surface area (Å²) >= 11 is 1.34. The highest BCUT2D eigenvalue weighted by Gasteiger charge is 2.09. The van der Waals surface area contributed by atoms with Crippen molar-refractivity contribution in [3.05, 3.63) is 34.7 Å². The van der Waals surface area contributed by atoms with Gasteiger partial charge >= 0.3 is 0 Å². The average molecular weight is 244 g/mol. The monoisotopic (exact) mass is 244 g/mol. The average Bonchev–Trinajstić information content (AvgIpc) is 2.74. The number of thiazole rings is 1. The summed E-state index contributed by atoms with van der Waals surface area (Å²) in [5.41, 5.74) is 2.13. The lowest BCUT2D eigenvalue weighted by atomic mass is 10.2. The van der Waals surface area contributed by atoms with E-state index in [0.29, 0.717) is 10.7 Å². The molecule has 17 heavy (non-hydrogen) atoms. The highest BCUT2D eigenvalue weighted by Crippen LogP contribution is 2.28. The van der Waals surface area contributed by atoms with Crippen LogP contribution in [-0.2, 0) is 0 Å². The Hall–Kier alpha value is -2.06. The van der Waals surface area contributed by atoms with Crippen LogP contribution < -0.4 is 10.6 Å². The van der Waals surface area contributed by atoms with Gasteiger partial charge in [0.2, 0.25) is 0 Å². The highest BCUT2D eigenvalue weighted by molar-refractivity contribution is 7.16. The Balaban J connectivity index is 2.26. The molecule has 5 heteroatoms. The minimum absolute atomic E-state index is 0.579. The molecule has 0 saturated heterocycles. The maximum absolute atomic E-state index is 9.00. The van der Waals surface area contributed by atoms with Crippen molar-refractivity contribution in [2.75, 3.05) is 17.7 Å². The Bertz CT molecular complexity index is 551. The molecule has 86 valence electrons. The number of hydrogen-bond donors (Lipinski definition) is 2. The quantitative estimate of drug-likeness (QED) is 0.871. The van der Waals surface area contributed by atoms with Gasteiger partial charge in [-0.1, -0.05) is 29.0 Å². The van der Waals surface area contributed by atoms with Crippen molar-refractivity contribution in [3.8, 4) is 6.07 Å². The molecule has 0 aliphatic carbocycles. The van der Waals surface area contributed by atoms with Crippen molar-refractivity contribution in [2.45, 2.75) is 6.92 Å². The van der Waals surface area contributed by atoms with E-state index >= 15 is 0 Å². The van der Waals surface area contributed by atoms with Crippen LogP contribution in [0.5, 0.6) is 0 Å². The van der Waals surface area contributed by atoms with Gasteiger partial charge in [0.15, 0.2) is 15.8 Å². The molecule has 4 nitrogen and oxygen atoms in total. The molecule has 2 rings (SSSR count). The lowest BCUT2D eigenvalue weighted by Crippen LogP contribution is -1.93. The molecule has 0 fully saturated rings. The van der Waals surface area contributed by atoms with Crippen molar-refractivity contribution >= 4 is 28.0 Å². The first-order valence-corrected chi connectivity index (χ1v) is 5.97. The molecule has 2 N–H and O–H groups in total. The zero-order valence-corrected chi connectivity index (χ0v) is 10.4. The van der Waals surface area contributed by atoms with Crippen LogP contribution >= 0.6 is 11.3 Å². The fourth-order valence-corrected chi connectivity index (χ4v) is 2.03. The minimum Gasteiger partial charge on any atom is -0.364 e. The maximum atomic E-state index is 9.00. The van der Waals surface area contributed by atoms with Gasteiger partial charge < -0.3 is 10.6 Å². The van der Waals surface area contributed by atoms with E-state index in [0.717, 1.165) is 10.8 Å². The lowest BCUT2D eigenvalue weighted by Gasteiger charge is -2.03. The molecule has 0 bridgehead atoms. The summed E-state index contributed by atoms with van der Waals surface area (Å²) in [6.07, 6.45) is 0. The van der Waals surface area contributed by atoms with Crippen LogP contribution in [0.4, 0.5) is 16.6 Å². The van der Waals surface area contributed by atoms with Gasteiger partial charge in [0.05, 0.1) is 0 Å². The van der Waals surface area contributed by atoms with Gasteiger partial charge in [0, 0.05) is 12.7 Å². The topological polar surface area (TPSA) is 60.7 Å². The number of benzene rings is 1. The van der Waals surface area contributed by atoms with E-state index in [1.807, 2.05) is 31.2 Å². The minimum atomic E-state index is 0.579. The van der Waals surface area contributed by atoms with E-state index in [4.69, 9.17) is 5.26 Å². The third kappa shape index (κ3) is 2.55. The molecule has 0 spiro atoms. The van der Waals surface area contributed by atoms with Gasteiger partial charge in [-0.3, -0.25) is 0 Å². The summed E-state index contributed by atoms with van der Waals surface area (Å²) in [7, 11) is 1.79. The second kappa shape index (κ2) is 4.85. The zero-order chi connectivity index (χ0) is 12.3. The van der Waals surface area contributed by atoms with E-state index in [2.05, 4.69) is 21.7 Å². The van der Waals surface area contributed by atoms with Crippen molar-refractivity contribution in [3.63, 3.8) is 0 Å². The molecular formula is C12H12N4S. The number of nitrogens with one attached hydrogen (secondary N) is 2. The Morgan fingerprint density at radius 1 is 1.29 bits per heavy atom. The SMILES string of the molecule is CNc1nc(Nc2ccc(C)cc2)c(C#N)s1. The number of anilines is 3. The molecule has 1 aromatic carbocycles. The summed E-state index contributed by atoms with van der Waals surface area (Å²) in [5, 5.41) is 15.8. The van der Waals surface area contributed by atoms with Gasteiger partial charge in [-0.25, -0.2) is 4.98 Å². The predicted octanol–water partition coefficient (Wildman–Crippen LogP) is 3.11. The van der Waals surface area contributed by atoms with Gasteiger partial charge in [0.1, 0.15) is 6.07 Å². The van der Waals surface area contributed by atoms with Crippen LogP contribution in [0.25, 0.3) is 0 Å². The fourth-order valence-electron chi connectivity index (χ4n) is 1.36. The van der Waals surface area contributed by atoms with E-state index in [-0.39, 0.29) is 0 Å². The van der Waals surface area contributed by atoms with Crippen LogP contribution in [0.2, 0.25) is 0 Å². The van der Waals surface area contributed by atoms with Crippen molar-refractivity contribution in [2.24, 2.45) is 0 Å². The molecular weight excluding hydrogens is 232 g/mol. The summed E-state index contributed by atoms with van der Waals surface area (Å²) in [6.45, 7) is 2.03. The van der Waals surface area contributed by atoms with E-state index in [1.165, 1.54) is 16.9 Å². The summed E-state index contributed by atoms with van der Waals surface area (Å²) < 4.78 is 0. The first kappa shape index (κ1) is 11.4. The number of aromatic nitrogens is 1. The van der Waals surface area contributed by atoms with Crippen LogP contribution in [0.15, 0.2) is 24.3 Å². The van der Waals surface area contributed by atoms with E-state index in [9.17, 15) is 0 Å². The number of nitriles is 1. The molecule has 0 unspecified atom stereocenters. The Morgan fingerprint density at radius 2 is 2.00 bits per heavy atom. The fraction of sp³-hybridized carbons (Fsp3) is 0.167. The molecule has 0 amide bonds. The standard InChI is InChI=1S/C12H12N4S/c1-8-3-5-9(6-4-8)15-11-10(7-13)17-12(14-2)16-11/h3-6,15H,1-2H3,(H,14,16). The Morgan fingerprint density at radius 3 is 2.59 bits per heavy atom. The Kier molecular flexibility index (Phi) is 3.26. The van der Waals surface area contributed by atoms with Crippen LogP contribution in [-0.4, -0.2) is 12.0 Å². The largest absolute Gasteiger partial charge is 0.364 e. The first-order valence-electron chi connectivity index (χ1n) is 5.15. The van der Waals surface area contributed by atoms with Gasteiger partial charge in [-0.05, 0) is 19.1 Å². The van der Waals surface area contributed by atoms with Gasteiger partial charge in [0.25, 0.3) is 0 Å². The van der Waals surface area contributed by atoms with E-state index < -0.39 is 0 Å². The molecule has 0 atom stereocenters. The second-order valence-corrected chi connectivity index (χ2v) is 4.55. The highest BCUT2D eigenvalue weighted by atomic mass is 32.1. The zero-order valence-electron chi connectivity index (χ0n) is 9.61. The molecule has 0 saturated carbocycles. The number of hydrogen-bond acceptors (Lipinski definition) is 5. The third-order valence-electron chi connectivity index (χ3n) is 2.26. The smallest absolute Gasteiger partial charge is 0.185 e. The van der Waals surface area contributed by atoms with Crippen molar-refractivity contribution in [1.82, 2.24) is 4.98 Å². The molecule has 0 aliphatic heterocycles. The van der Waals surface area contributed by atoms with Crippen molar-refractivity contribution < 1.29 is 0 Å². The predicted molar refractivity (Wildman–Crippen MR) is 70.8 cm³/mol. The van der Waals surface area contributed by atoms with Crippen LogP contribution in [0.3, 0.4) is 0 Å². The molecule has 2 aromatic rings. The number of rotatable bonds is 3. The summed E-state index contributed by atoms with van der Waals surface area (Å²) in [5.74, 6) is 0.603. The van der Waals surface area contributed by atoms with Gasteiger partial charge in [-0.2, -0.15) is 5.26 Å². The summed E-state index contributed by atoms with van der Waals surface area (Å²) in [4.78, 5) is 4.87. The Labute approximate surface area is 104 Å². The normalized spacial score (nSPS) is 9.71. The van der Waals surface area contributed by atoms with Crippen molar-refractivity contribution in [1.29, 1.82) is 5.26 Å². The number of nitrogens with zero attached hydrogens (tertiary/aromatic N) is 2. The van der Waals surface area contributed by atoms with Crippen LogP contribution in [0.1, 0.15) is 10.4 Å². The molecule has 1 aromatic heterocycles.